The molecule has 0 aliphatic heterocycles. The third-order valence-corrected chi connectivity index (χ3v) is 4.60. The van der Waals surface area contributed by atoms with Crippen LogP contribution in [-0.4, -0.2) is 4.98 Å². The van der Waals surface area contributed by atoms with Crippen LogP contribution >= 0.6 is 0 Å². The van der Waals surface area contributed by atoms with Crippen LogP contribution in [0.4, 0.5) is 0 Å². The molecule has 0 bridgehead atoms. The van der Waals surface area contributed by atoms with Crippen LogP contribution in [0.1, 0.15) is 96.6 Å². The lowest BCUT2D eigenvalue weighted by molar-refractivity contribution is 0.400. The summed E-state index contributed by atoms with van der Waals surface area (Å²) in [5, 5.41) is 0. The second kappa shape index (κ2) is 13.0. The molecular formula is C20H37N. The predicted molar refractivity (Wildman–Crippen MR) is 94.7 cm³/mol. The Bertz CT molecular complexity index is 302. The molecule has 0 saturated carbocycles. The first-order valence-electron chi connectivity index (χ1n) is 9.49. The molecule has 0 fully saturated rings. The van der Waals surface area contributed by atoms with E-state index < -0.39 is 0 Å². The number of unbranched alkanes of at least 4 members (excludes halogenated alkanes) is 8. The van der Waals surface area contributed by atoms with Crippen LogP contribution in [0.25, 0.3) is 0 Å². The number of hydrogen-bond acceptors (Lipinski definition) is 0. The Hall–Kier alpha value is -0.720. The number of rotatable bonds is 14. The van der Waals surface area contributed by atoms with E-state index in [0.29, 0.717) is 0 Å². The van der Waals surface area contributed by atoms with Gasteiger partial charge in [-0.2, -0.15) is 0 Å². The van der Waals surface area contributed by atoms with Crippen molar-refractivity contribution in [3.63, 3.8) is 0 Å². The zero-order valence-corrected chi connectivity index (χ0v) is 14.5. The van der Waals surface area contributed by atoms with Gasteiger partial charge in [-0.15, -0.1) is 0 Å². The molecular weight excluding hydrogens is 254 g/mol. The highest BCUT2D eigenvalue weighted by Crippen LogP contribution is 2.22. The lowest BCUT2D eigenvalue weighted by atomic mass is 9.90. The minimum Gasteiger partial charge on any atom is -0.365 e. The van der Waals surface area contributed by atoms with Crippen LogP contribution in [0.2, 0.25) is 0 Å². The molecule has 1 heteroatoms. The number of nitrogens with one attached hydrogen (secondary N) is 1. The van der Waals surface area contributed by atoms with Crippen LogP contribution in [0.5, 0.6) is 0 Å². The van der Waals surface area contributed by atoms with Crippen LogP contribution in [0, 0.1) is 5.92 Å². The minimum absolute atomic E-state index is 0.895. The van der Waals surface area contributed by atoms with Crippen molar-refractivity contribution in [1.82, 2.24) is 4.98 Å². The van der Waals surface area contributed by atoms with Crippen LogP contribution in [0.3, 0.4) is 0 Å². The van der Waals surface area contributed by atoms with Crippen molar-refractivity contribution < 1.29 is 0 Å². The van der Waals surface area contributed by atoms with Gasteiger partial charge in [-0.3, -0.25) is 0 Å². The summed E-state index contributed by atoms with van der Waals surface area (Å²) >= 11 is 0. The van der Waals surface area contributed by atoms with Crippen molar-refractivity contribution in [1.29, 1.82) is 0 Å². The van der Waals surface area contributed by atoms with Gasteiger partial charge in [0.1, 0.15) is 0 Å². The molecule has 1 atom stereocenters. The SMILES string of the molecule is CCCCCCCCC(CCCCCC)Cc1ccc[nH]1. The Balaban J connectivity index is 2.19. The lowest BCUT2D eigenvalue weighted by Gasteiger charge is -2.16. The van der Waals surface area contributed by atoms with Crippen LogP contribution in [0.15, 0.2) is 18.3 Å². The molecule has 1 heterocycles. The van der Waals surface area contributed by atoms with E-state index in [0.717, 1.165) is 5.92 Å². The summed E-state index contributed by atoms with van der Waals surface area (Å²) in [6.07, 6.45) is 20.3. The highest BCUT2D eigenvalue weighted by atomic mass is 14.7. The van der Waals surface area contributed by atoms with E-state index in [1.807, 2.05) is 0 Å². The van der Waals surface area contributed by atoms with E-state index in [4.69, 9.17) is 0 Å². The molecule has 1 unspecified atom stereocenters. The fourth-order valence-electron chi connectivity index (χ4n) is 3.23. The second-order valence-electron chi connectivity index (χ2n) is 6.67. The molecule has 1 nitrogen and oxygen atoms in total. The summed E-state index contributed by atoms with van der Waals surface area (Å²) in [7, 11) is 0. The second-order valence-corrected chi connectivity index (χ2v) is 6.67. The normalized spacial score (nSPS) is 12.7. The maximum Gasteiger partial charge on any atom is 0.0149 e. The van der Waals surface area contributed by atoms with E-state index in [-0.39, 0.29) is 0 Å². The van der Waals surface area contributed by atoms with E-state index in [2.05, 4.69) is 37.2 Å². The fourth-order valence-corrected chi connectivity index (χ4v) is 3.23. The summed E-state index contributed by atoms with van der Waals surface area (Å²) in [6, 6.07) is 4.38. The molecule has 0 radical (unpaired) electrons. The summed E-state index contributed by atoms with van der Waals surface area (Å²) in [6.45, 7) is 4.59. The first-order valence-corrected chi connectivity index (χ1v) is 9.49. The Morgan fingerprint density at radius 2 is 1.38 bits per heavy atom. The summed E-state index contributed by atoms with van der Waals surface area (Å²) < 4.78 is 0. The first-order chi connectivity index (χ1) is 10.4. The van der Waals surface area contributed by atoms with Gasteiger partial charge in [0.15, 0.2) is 0 Å². The highest BCUT2D eigenvalue weighted by Gasteiger charge is 2.10. The quantitative estimate of drug-likeness (QED) is 0.359. The van der Waals surface area contributed by atoms with Crippen molar-refractivity contribution in [3.8, 4) is 0 Å². The van der Waals surface area contributed by atoms with E-state index in [1.54, 1.807) is 0 Å². The molecule has 0 spiro atoms. The molecule has 0 aliphatic carbocycles. The highest BCUT2D eigenvalue weighted by molar-refractivity contribution is 5.04. The molecule has 1 N–H and O–H groups in total. The average Bonchev–Trinajstić information content (AvgIpc) is 2.99. The van der Waals surface area contributed by atoms with E-state index in [9.17, 15) is 0 Å². The topological polar surface area (TPSA) is 15.8 Å². The molecule has 21 heavy (non-hydrogen) atoms. The molecule has 1 aromatic heterocycles. The smallest absolute Gasteiger partial charge is 0.0149 e. The molecule has 0 amide bonds. The number of hydrogen-bond donors (Lipinski definition) is 1. The standard InChI is InChI=1S/C20H37N/c1-3-5-7-9-10-12-15-19(14-11-8-6-4-2)18-20-16-13-17-21-20/h13,16-17,19,21H,3-12,14-15,18H2,1-2H3. The van der Waals surface area contributed by atoms with Gasteiger partial charge in [-0.25, -0.2) is 0 Å². The Labute approximate surface area is 132 Å². The maximum atomic E-state index is 3.39. The molecule has 0 aliphatic rings. The van der Waals surface area contributed by atoms with Crippen LogP contribution < -0.4 is 0 Å². The Kier molecular flexibility index (Phi) is 11.3. The first kappa shape index (κ1) is 18.3. The largest absolute Gasteiger partial charge is 0.365 e. The number of H-pyrrole nitrogens is 1. The lowest BCUT2D eigenvalue weighted by Crippen LogP contribution is -2.05. The van der Waals surface area contributed by atoms with Gasteiger partial charge in [-0.1, -0.05) is 90.9 Å². The van der Waals surface area contributed by atoms with Gasteiger partial charge in [0, 0.05) is 11.9 Å². The zero-order chi connectivity index (χ0) is 15.2. The third-order valence-electron chi connectivity index (χ3n) is 4.60. The molecule has 1 rings (SSSR count). The van der Waals surface area contributed by atoms with Gasteiger partial charge in [0.05, 0.1) is 0 Å². The van der Waals surface area contributed by atoms with Gasteiger partial charge in [0.25, 0.3) is 0 Å². The summed E-state index contributed by atoms with van der Waals surface area (Å²) in [5.74, 6) is 0.895. The molecule has 0 aromatic carbocycles. The minimum atomic E-state index is 0.895. The zero-order valence-electron chi connectivity index (χ0n) is 14.5. The molecule has 0 saturated heterocycles. The van der Waals surface area contributed by atoms with Gasteiger partial charge >= 0.3 is 0 Å². The maximum absolute atomic E-state index is 3.39. The predicted octanol–water partition coefficient (Wildman–Crippen LogP) is 6.89. The van der Waals surface area contributed by atoms with Crippen molar-refractivity contribution in [2.75, 3.05) is 0 Å². The number of aromatic nitrogens is 1. The van der Waals surface area contributed by atoms with Crippen molar-refractivity contribution in [2.24, 2.45) is 5.92 Å². The number of aromatic amines is 1. The Morgan fingerprint density at radius 3 is 1.95 bits per heavy atom. The molecule has 122 valence electrons. The van der Waals surface area contributed by atoms with Crippen molar-refractivity contribution in [2.45, 2.75) is 97.3 Å². The van der Waals surface area contributed by atoms with Crippen LogP contribution in [-0.2, 0) is 6.42 Å². The third kappa shape index (κ3) is 9.77. The van der Waals surface area contributed by atoms with E-state index in [1.165, 1.54) is 89.2 Å². The van der Waals surface area contributed by atoms with E-state index >= 15 is 0 Å². The van der Waals surface area contributed by atoms with Crippen molar-refractivity contribution >= 4 is 0 Å². The van der Waals surface area contributed by atoms with Crippen molar-refractivity contribution in [3.05, 3.63) is 24.0 Å². The average molecular weight is 292 g/mol. The molecule has 1 aromatic rings. The monoisotopic (exact) mass is 291 g/mol. The fraction of sp³-hybridized carbons (Fsp3) is 0.800. The summed E-state index contributed by atoms with van der Waals surface area (Å²) in [5.41, 5.74) is 1.43. The summed E-state index contributed by atoms with van der Waals surface area (Å²) in [4.78, 5) is 3.39. The van der Waals surface area contributed by atoms with Gasteiger partial charge in [0.2, 0.25) is 0 Å². The van der Waals surface area contributed by atoms with Gasteiger partial charge < -0.3 is 4.98 Å². The van der Waals surface area contributed by atoms with Gasteiger partial charge in [-0.05, 0) is 24.5 Å². The Morgan fingerprint density at radius 1 is 0.810 bits per heavy atom.